The summed E-state index contributed by atoms with van der Waals surface area (Å²) in [5.41, 5.74) is 0. The van der Waals surface area contributed by atoms with Crippen molar-refractivity contribution in [3.63, 3.8) is 0 Å². The summed E-state index contributed by atoms with van der Waals surface area (Å²) in [7, 11) is 0. The second kappa shape index (κ2) is 7.12. The Hall–Kier alpha value is -0.220. The molecule has 3 nitrogen and oxygen atoms in total. The third-order valence-electron chi connectivity index (χ3n) is 2.62. The van der Waals surface area contributed by atoms with E-state index in [0.717, 1.165) is 30.6 Å². The summed E-state index contributed by atoms with van der Waals surface area (Å²) < 4.78 is 0. The van der Waals surface area contributed by atoms with E-state index in [1.54, 1.807) is 0 Å². The largest absolute Gasteiger partial charge is 0.362 e. The Bertz CT molecular complexity index is 202. The Kier molecular flexibility index (Phi) is 6.10. The van der Waals surface area contributed by atoms with Crippen LogP contribution in [0.25, 0.3) is 0 Å². The first kappa shape index (κ1) is 12.8. The molecule has 0 aromatic carbocycles. The maximum Gasteiger partial charge on any atom is 0.156 e. The first-order valence-electron chi connectivity index (χ1n) is 5.92. The quantitative estimate of drug-likeness (QED) is 0.704. The highest BCUT2D eigenvalue weighted by Gasteiger charge is 2.14. The molecule has 0 aromatic heterocycles. The topological polar surface area (TPSA) is 27.6 Å². The molecule has 0 spiro atoms. The van der Waals surface area contributed by atoms with E-state index < -0.39 is 0 Å². The summed E-state index contributed by atoms with van der Waals surface area (Å²) in [5.74, 6) is 1.16. The molecule has 1 saturated heterocycles. The summed E-state index contributed by atoms with van der Waals surface area (Å²) in [6.45, 7) is 11.1. The van der Waals surface area contributed by atoms with Crippen LogP contribution in [0.2, 0.25) is 0 Å². The second-order valence-electron chi connectivity index (χ2n) is 3.92. The molecule has 1 heterocycles. The molecule has 88 valence electrons. The number of nitrogens with one attached hydrogen (secondary N) is 1. The Morgan fingerprint density at radius 1 is 1.47 bits per heavy atom. The first-order valence-corrected chi connectivity index (χ1v) is 6.91. The first-order chi connectivity index (χ1) is 7.26. The molecule has 0 aromatic rings. The molecule has 1 unspecified atom stereocenters. The van der Waals surface area contributed by atoms with Crippen LogP contribution in [-0.2, 0) is 0 Å². The Morgan fingerprint density at radius 2 is 2.20 bits per heavy atom. The minimum absolute atomic E-state index is 0.594. The fraction of sp³-hybridized carbons (Fsp3) is 0.909. The van der Waals surface area contributed by atoms with E-state index in [-0.39, 0.29) is 0 Å². The highest BCUT2D eigenvalue weighted by molar-refractivity contribution is 8.14. The molecular weight excluding hydrogens is 206 g/mol. The molecule has 1 N–H and O–H groups in total. The third-order valence-corrected chi connectivity index (χ3v) is 3.81. The van der Waals surface area contributed by atoms with Gasteiger partial charge in [0.25, 0.3) is 0 Å². The van der Waals surface area contributed by atoms with Gasteiger partial charge in [0.15, 0.2) is 5.17 Å². The van der Waals surface area contributed by atoms with Crippen molar-refractivity contribution in [1.82, 2.24) is 10.2 Å². The van der Waals surface area contributed by atoms with Crippen LogP contribution < -0.4 is 5.32 Å². The zero-order valence-electron chi connectivity index (χ0n) is 10.1. The van der Waals surface area contributed by atoms with Gasteiger partial charge >= 0.3 is 0 Å². The van der Waals surface area contributed by atoms with Gasteiger partial charge in [-0.15, -0.1) is 0 Å². The van der Waals surface area contributed by atoms with Crippen LogP contribution >= 0.6 is 11.8 Å². The number of hydrogen-bond donors (Lipinski definition) is 1. The van der Waals surface area contributed by atoms with Crippen molar-refractivity contribution in [2.75, 3.05) is 31.9 Å². The van der Waals surface area contributed by atoms with Crippen molar-refractivity contribution in [2.24, 2.45) is 4.99 Å². The Morgan fingerprint density at radius 3 is 2.73 bits per heavy atom. The van der Waals surface area contributed by atoms with E-state index in [9.17, 15) is 0 Å². The highest BCUT2D eigenvalue weighted by atomic mass is 32.2. The van der Waals surface area contributed by atoms with Crippen LogP contribution in [0.4, 0.5) is 0 Å². The third kappa shape index (κ3) is 4.89. The monoisotopic (exact) mass is 229 g/mol. The molecule has 0 aliphatic carbocycles. The van der Waals surface area contributed by atoms with Crippen LogP contribution in [-0.4, -0.2) is 48.0 Å². The molecule has 1 atom stereocenters. The molecule has 1 fully saturated rings. The Balaban J connectivity index is 2.10. The van der Waals surface area contributed by atoms with E-state index in [1.165, 1.54) is 13.0 Å². The molecule has 0 radical (unpaired) electrons. The van der Waals surface area contributed by atoms with E-state index in [1.807, 2.05) is 11.8 Å². The molecular formula is C11H23N3S. The molecule has 1 aliphatic rings. The molecule has 1 aliphatic heterocycles. The molecule has 0 amide bonds. The molecule has 4 heteroatoms. The average Bonchev–Trinajstić information content (AvgIpc) is 2.65. The summed E-state index contributed by atoms with van der Waals surface area (Å²) in [5, 5.41) is 4.51. The van der Waals surface area contributed by atoms with Crippen LogP contribution in [0.15, 0.2) is 4.99 Å². The van der Waals surface area contributed by atoms with Gasteiger partial charge in [0.1, 0.15) is 0 Å². The highest BCUT2D eigenvalue weighted by Crippen LogP contribution is 2.12. The lowest BCUT2D eigenvalue weighted by molar-refractivity contribution is 0.302. The summed E-state index contributed by atoms with van der Waals surface area (Å²) in [4.78, 5) is 7.00. The van der Waals surface area contributed by atoms with E-state index in [2.05, 4.69) is 36.0 Å². The van der Waals surface area contributed by atoms with E-state index >= 15 is 0 Å². The van der Waals surface area contributed by atoms with Crippen LogP contribution in [0.3, 0.4) is 0 Å². The van der Waals surface area contributed by atoms with Crippen molar-refractivity contribution >= 4 is 16.9 Å². The standard InChI is InChI=1S/C11H23N3S/c1-4-14(5-2)8-6-7-12-11-13-10(3)9-15-11/h10H,4-9H2,1-3H3,(H,12,13). The lowest BCUT2D eigenvalue weighted by Crippen LogP contribution is -2.25. The van der Waals surface area contributed by atoms with Crippen molar-refractivity contribution in [3.05, 3.63) is 0 Å². The maximum atomic E-state index is 4.56. The fourth-order valence-electron chi connectivity index (χ4n) is 1.60. The van der Waals surface area contributed by atoms with Gasteiger partial charge in [-0.3, -0.25) is 4.99 Å². The van der Waals surface area contributed by atoms with Gasteiger partial charge < -0.3 is 10.2 Å². The number of thioether (sulfide) groups is 1. The molecule has 0 saturated carbocycles. The minimum Gasteiger partial charge on any atom is -0.362 e. The summed E-state index contributed by atoms with van der Waals surface area (Å²) in [6.07, 6.45) is 1.17. The van der Waals surface area contributed by atoms with Gasteiger partial charge in [0.05, 0.1) is 0 Å². The van der Waals surface area contributed by atoms with Gasteiger partial charge in [-0.25, -0.2) is 0 Å². The zero-order valence-corrected chi connectivity index (χ0v) is 10.9. The number of nitrogens with zero attached hydrogens (tertiary/aromatic N) is 2. The van der Waals surface area contributed by atoms with Gasteiger partial charge in [0.2, 0.25) is 0 Å². The van der Waals surface area contributed by atoms with Crippen LogP contribution in [0.1, 0.15) is 27.2 Å². The number of aliphatic imine (C=N–C) groups is 1. The average molecular weight is 229 g/mol. The van der Waals surface area contributed by atoms with Crippen molar-refractivity contribution in [3.8, 4) is 0 Å². The summed E-state index contributed by atoms with van der Waals surface area (Å²) >= 11 is 1.85. The number of amidine groups is 1. The lowest BCUT2D eigenvalue weighted by Gasteiger charge is -2.16. The van der Waals surface area contributed by atoms with E-state index in [4.69, 9.17) is 0 Å². The van der Waals surface area contributed by atoms with Crippen molar-refractivity contribution in [1.29, 1.82) is 0 Å². The molecule has 15 heavy (non-hydrogen) atoms. The smallest absolute Gasteiger partial charge is 0.156 e. The minimum atomic E-state index is 0.594. The van der Waals surface area contributed by atoms with Gasteiger partial charge in [-0.2, -0.15) is 0 Å². The predicted octanol–water partition coefficient (Wildman–Crippen LogP) is 1.80. The van der Waals surface area contributed by atoms with Gasteiger partial charge in [-0.05, 0) is 33.0 Å². The molecule has 1 rings (SSSR count). The second-order valence-corrected chi connectivity index (χ2v) is 4.93. The SMILES string of the molecule is CCN(CC)CCCN=C1NC(C)CS1. The van der Waals surface area contributed by atoms with Crippen LogP contribution in [0, 0.1) is 0 Å². The number of rotatable bonds is 6. The van der Waals surface area contributed by atoms with Gasteiger partial charge in [0, 0.05) is 18.3 Å². The maximum absolute atomic E-state index is 4.56. The Labute approximate surface area is 97.7 Å². The number of hydrogen-bond acceptors (Lipinski definition) is 3. The van der Waals surface area contributed by atoms with Crippen LogP contribution in [0.5, 0.6) is 0 Å². The predicted molar refractivity (Wildman–Crippen MR) is 69.8 cm³/mol. The van der Waals surface area contributed by atoms with Crippen molar-refractivity contribution < 1.29 is 0 Å². The normalized spacial score (nSPS) is 23.7. The summed E-state index contributed by atoms with van der Waals surface area (Å²) in [6, 6.07) is 0.594. The fourth-order valence-corrected chi connectivity index (χ4v) is 2.56. The van der Waals surface area contributed by atoms with Crippen molar-refractivity contribution in [2.45, 2.75) is 33.2 Å². The lowest BCUT2D eigenvalue weighted by atomic mass is 10.4. The van der Waals surface area contributed by atoms with Gasteiger partial charge in [-0.1, -0.05) is 25.6 Å². The van der Waals surface area contributed by atoms with E-state index in [0.29, 0.717) is 6.04 Å². The zero-order chi connectivity index (χ0) is 11.1. The molecule has 0 bridgehead atoms.